The maximum atomic E-state index is 11.8. The van der Waals surface area contributed by atoms with Gasteiger partial charge in [-0.3, -0.25) is 0 Å². The van der Waals surface area contributed by atoms with Crippen molar-refractivity contribution in [2.45, 2.75) is 32.7 Å². The van der Waals surface area contributed by atoms with E-state index in [4.69, 9.17) is 5.11 Å². The topological polar surface area (TPSA) is 52.6 Å². The fraction of sp³-hybridized carbons (Fsp3) is 0.500. The van der Waals surface area contributed by atoms with Crippen LogP contribution in [-0.2, 0) is 0 Å². The molecule has 2 N–H and O–H groups in total. The Morgan fingerprint density at radius 3 is 2.28 bits per heavy atom. The number of carbonyl (C=O) groups is 1. The summed E-state index contributed by atoms with van der Waals surface area (Å²) in [6, 6.07) is 7.40. The number of carbonyl (C=O) groups excluding carboxylic acids is 1. The van der Waals surface area contributed by atoms with Crippen LogP contribution in [0.5, 0.6) is 0 Å². The number of nitrogens with one attached hydrogen (secondary N) is 1. The summed E-state index contributed by atoms with van der Waals surface area (Å²) in [5.74, 6) is 0.479. The van der Waals surface area contributed by atoms with Crippen molar-refractivity contribution in [3.8, 4) is 0 Å². The van der Waals surface area contributed by atoms with Crippen LogP contribution < -0.4 is 5.32 Å². The van der Waals surface area contributed by atoms with Gasteiger partial charge >= 0.3 is 6.03 Å². The van der Waals surface area contributed by atoms with Crippen LogP contribution in [-0.4, -0.2) is 35.7 Å². The zero-order valence-corrected chi connectivity index (χ0v) is 11.5. The van der Waals surface area contributed by atoms with Crippen LogP contribution in [0, 0.1) is 0 Å². The zero-order chi connectivity index (χ0) is 13.7. The zero-order valence-electron chi connectivity index (χ0n) is 11.5. The van der Waals surface area contributed by atoms with E-state index in [1.54, 1.807) is 14.0 Å². The second-order valence-corrected chi connectivity index (χ2v) is 4.85. The summed E-state index contributed by atoms with van der Waals surface area (Å²) in [7, 11) is 1.67. The number of aliphatic hydroxyl groups excluding tert-OH is 1. The van der Waals surface area contributed by atoms with Crippen molar-refractivity contribution >= 4 is 11.7 Å². The Morgan fingerprint density at radius 2 is 1.83 bits per heavy atom. The predicted octanol–water partition coefficient (Wildman–Crippen LogP) is 2.65. The second-order valence-electron chi connectivity index (χ2n) is 4.85. The number of likely N-dealkylation sites (N-methyl/N-ethyl adjacent to an activating group) is 1. The highest BCUT2D eigenvalue weighted by atomic mass is 16.3. The average Bonchev–Trinajstić information content (AvgIpc) is 2.37. The van der Waals surface area contributed by atoms with Crippen LogP contribution in [0.3, 0.4) is 0 Å². The van der Waals surface area contributed by atoms with Crippen LogP contribution >= 0.6 is 0 Å². The molecule has 0 saturated carbocycles. The van der Waals surface area contributed by atoms with Crippen LogP contribution in [0.1, 0.15) is 32.3 Å². The molecule has 18 heavy (non-hydrogen) atoms. The van der Waals surface area contributed by atoms with Crippen LogP contribution in [0.15, 0.2) is 24.3 Å². The summed E-state index contributed by atoms with van der Waals surface area (Å²) >= 11 is 0. The van der Waals surface area contributed by atoms with Crippen LogP contribution in [0.2, 0.25) is 0 Å². The summed E-state index contributed by atoms with van der Waals surface area (Å²) in [4.78, 5) is 13.3. The smallest absolute Gasteiger partial charge is 0.321 e. The van der Waals surface area contributed by atoms with Gasteiger partial charge in [0.05, 0.1) is 12.6 Å². The van der Waals surface area contributed by atoms with Gasteiger partial charge in [-0.1, -0.05) is 26.0 Å². The van der Waals surface area contributed by atoms with Crippen molar-refractivity contribution in [3.63, 3.8) is 0 Å². The number of hydrogen-bond donors (Lipinski definition) is 2. The van der Waals surface area contributed by atoms with Crippen LogP contribution in [0.4, 0.5) is 10.5 Å². The highest BCUT2D eigenvalue weighted by Crippen LogP contribution is 2.17. The molecule has 0 aromatic heterocycles. The van der Waals surface area contributed by atoms with E-state index in [1.807, 2.05) is 24.3 Å². The fourth-order valence-corrected chi connectivity index (χ4v) is 1.49. The van der Waals surface area contributed by atoms with Gasteiger partial charge in [-0.2, -0.15) is 0 Å². The molecule has 0 aliphatic rings. The maximum Gasteiger partial charge on any atom is 0.321 e. The molecule has 4 nitrogen and oxygen atoms in total. The molecule has 1 atom stereocenters. The Morgan fingerprint density at radius 1 is 1.28 bits per heavy atom. The molecular formula is C14H22N2O2. The fourth-order valence-electron chi connectivity index (χ4n) is 1.49. The molecule has 0 aliphatic carbocycles. The van der Waals surface area contributed by atoms with E-state index in [-0.39, 0.29) is 18.7 Å². The number of anilines is 1. The standard InChI is InChI=1S/C14H22N2O2/c1-10(2)12-5-7-13(8-6-12)15-14(18)16(4)11(3)9-17/h5-8,10-11,17H,9H2,1-4H3,(H,15,18). The molecule has 0 saturated heterocycles. The number of urea groups is 1. The van der Waals surface area contributed by atoms with E-state index in [1.165, 1.54) is 10.5 Å². The molecule has 2 amide bonds. The molecule has 0 fully saturated rings. The lowest BCUT2D eigenvalue weighted by Gasteiger charge is -2.23. The summed E-state index contributed by atoms with van der Waals surface area (Å²) in [5, 5.41) is 11.8. The molecule has 0 bridgehead atoms. The Kier molecular flexibility index (Phi) is 5.16. The van der Waals surface area contributed by atoms with E-state index in [2.05, 4.69) is 19.2 Å². The minimum Gasteiger partial charge on any atom is -0.394 e. The molecule has 1 unspecified atom stereocenters. The van der Waals surface area contributed by atoms with Crippen molar-refractivity contribution in [1.29, 1.82) is 0 Å². The summed E-state index contributed by atoms with van der Waals surface area (Å²) in [5.41, 5.74) is 2.01. The number of benzene rings is 1. The maximum absolute atomic E-state index is 11.8. The number of nitrogens with zero attached hydrogens (tertiary/aromatic N) is 1. The highest BCUT2D eigenvalue weighted by Gasteiger charge is 2.14. The molecule has 0 aliphatic heterocycles. The van der Waals surface area contributed by atoms with Crippen molar-refractivity contribution in [2.75, 3.05) is 19.0 Å². The van der Waals surface area contributed by atoms with Crippen molar-refractivity contribution in [2.24, 2.45) is 0 Å². The molecule has 1 rings (SSSR count). The van der Waals surface area contributed by atoms with Gasteiger partial charge in [0.25, 0.3) is 0 Å². The normalized spacial score (nSPS) is 12.3. The third-order valence-electron chi connectivity index (χ3n) is 3.07. The van der Waals surface area contributed by atoms with E-state index in [9.17, 15) is 4.79 Å². The average molecular weight is 250 g/mol. The molecule has 1 aromatic rings. The van der Waals surface area contributed by atoms with Crippen molar-refractivity contribution in [1.82, 2.24) is 4.90 Å². The number of aliphatic hydroxyl groups is 1. The first kappa shape index (κ1) is 14.5. The number of amides is 2. The molecular weight excluding hydrogens is 228 g/mol. The lowest BCUT2D eigenvalue weighted by molar-refractivity contribution is 0.166. The van der Waals surface area contributed by atoms with Gasteiger partial charge in [-0.25, -0.2) is 4.79 Å². The first-order chi connectivity index (χ1) is 8.45. The predicted molar refractivity (Wildman–Crippen MR) is 73.9 cm³/mol. The van der Waals surface area contributed by atoms with Gasteiger partial charge in [0.15, 0.2) is 0 Å². The van der Waals surface area contributed by atoms with Crippen LogP contribution in [0.25, 0.3) is 0 Å². The van der Waals surface area contributed by atoms with Gasteiger partial charge in [0.2, 0.25) is 0 Å². The van der Waals surface area contributed by atoms with Crippen molar-refractivity contribution < 1.29 is 9.90 Å². The largest absolute Gasteiger partial charge is 0.394 e. The highest BCUT2D eigenvalue weighted by molar-refractivity contribution is 5.89. The van der Waals surface area contributed by atoms with E-state index in [0.717, 1.165) is 5.69 Å². The SMILES string of the molecule is CC(C)c1ccc(NC(=O)N(C)C(C)CO)cc1. The third kappa shape index (κ3) is 3.74. The molecule has 0 heterocycles. The minimum atomic E-state index is -0.214. The first-order valence-corrected chi connectivity index (χ1v) is 6.20. The minimum absolute atomic E-state index is 0.0454. The Balaban J connectivity index is 2.65. The molecule has 1 aromatic carbocycles. The van der Waals surface area contributed by atoms with Gasteiger partial charge in [0, 0.05) is 12.7 Å². The molecule has 0 spiro atoms. The number of rotatable bonds is 4. The van der Waals surface area contributed by atoms with E-state index >= 15 is 0 Å². The van der Waals surface area contributed by atoms with Crippen molar-refractivity contribution in [3.05, 3.63) is 29.8 Å². The molecule has 100 valence electrons. The van der Waals surface area contributed by atoms with Gasteiger partial charge in [0.1, 0.15) is 0 Å². The van der Waals surface area contributed by atoms with Gasteiger partial charge in [-0.05, 0) is 30.5 Å². The summed E-state index contributed by atoms with van der Waals surface area (Å²) in [6.45, 7) is 6.01. The molecule has 4 heteroatoms. The Hall–Kier alpha value is -1.55. The van der Waals surface area contributed by atoms with Gasteiger partial charge in [-0.15, -0.1) is 0 Å². The number of hydrogen-bond acceptors (Lipinski definition) is 2. The summed E-state index contributed by atoms with van der Waals surface area (Å²) in [6.07, 6.45) is 0. The lowest BCUT2D eigenvalue weighted by Crippen LogP contribution is -2.40. The summed E-state index contributed by atoms with van der Waals surface area (Å²) < 4.78 is 0. The second kappa shape index (κ2) is 6.40. The Labute approximate surface area is 109 Å². The quantitative estimate of drug-likeness (QED) is 0.863. The first-order valence-electron chi connectivity index (χ1n) is 6.20. The van der Waals surface area contributed by atoms with Gasteiger partial charge < -0.3 is 15.3 Å². The monoisotopic (exact) mass is 250 g/mol. The lowest BCUT2D eigenvalue weighted by atomic mass is 10.0. The third-order valence-corrected chi connectivity index (χ3v) is 3.07. The molecule has 0 radical (unpaired) electrons. The van der Waals surface area contributed by atoms with E-state index in [0.29, 0.717) is 5.92 Å². The Bertz CT molecular complexity index is 387. The van der Waals surface area contributed by atoms with E-state index < -0.39 is 0 Å².